The number of aliphatic imine (C=N–C) groups is 2. The smallest absolute Gasteiger partial charge is 0.872 e. The second-order valence-electron chi connectivity index (χ2n) is 15.2. The van der Waals surface area contributed by atoms with Crippen LogP contribution in [-0.2, 0) is 41.1 Å². The van der Waals surface area contributed by atoms with Gasteiger partial charge in [0, 0.05) is 25.5 Å². The van der Waals surface area contributed by atoms with Gasteiger partial charge in [-0.05, 0) is 69.1 Å². The van der Waals surface area contributed by atoms with Crippen molar-refractivity contribution >= 4 is 12.4 Å². The van der Waals surface area contributed by atoms with Gasteiger partial charge in [-0.1, -0.05) is 119 Å². The predicted molar refractivity (Wildman–Crippen MR) is 179 cm³/mol. The van der Waals surface area contributed by atoms with Gasteiger partial charge in [0.15, 0.2) is 0 Å². The van der Waals surface area contributed by atoms with Crippen LogP contribution in [0, 0.1) is 0 Å². The van der Waals surface area contributed by atoms with Crippen LogP contribution in [0.2, 0.25) is 0 Å². The first-order valence-corrected chi connectivity index (χ1v) is 15.2. The zero-order valence-electron chi connectivity index (χ0n) is 29.7. The van der Waals surface area contributed by atoms with Crippen LogP contribution in [0.25, 0.3) is 0 Å². The van der Waals surface area contributed by atoms with Crippen LogP contribution < -0.4 is 20.8 Å². The first kappa shape index (κ1) is 40.9. The summed E-state index contributed by atoms with van der Waals surface area (Å²) in [5.74, 6) is 0.201. The molecule has 0 heterocycles. The second-order valence-corrected chi connectivity index (χ2v) is 15.2. The summed E-state index contributed by atoms with van der Waals surface area (Å²) in [6, 6.07) is 8.10. The number of benzene rings is 2. The number of rotatable bonds is 8. The van der Waals surface area contributed by atoms with E-state index in [0.717, 1.165) is 24.2 Å². The Hall–Kier alpha value is -2.08. The van der Waals surface area contributed by atoms with Crippen LogP contribution in [0.1, 0.15) is 116 Å². The van der Waals surface area contributed by atoms with E-state index in [4.69, 9.17) is 0 Å². The summed E-state index contributed by atoms with van der Waals surface area (Å²) in [4.78, 5) is 8.70. The molecule has 6 nitrogen and oxygen atoms in total. The van der Waals surface area contributed by atoms with Crippen LogP contribution in [0.3, 0.4) is 0 Å². The van der Waals surface area contributed by atoms with E-state index in [1.165, 1.54) is 11.1 Å². The van der Waals surface area contributed by atoms with Crippen LogP contribution in [0.15, 0.2) is 34.3 Å². The van der Waals surface area contributed by atoms with Gasteiger partial charge >= 0.3 is 19.5 Å². The third-order valence-corrected chi connectivity index (χ3v) is 7.03. The van der Waals surface area contributed by atoms with Crippen molar-refractivity contribution in [3.05, 3.63) is 57.6 Å². The Kier molecular flexibility index (Phi) is 16.0. The summed E-state index contributed by atoms with van der Waals surface area (Å²) < 4.78 is 0. The molecule has 0 unspecified atom stereocenters. The van der Waals surface area contributed by atoms with Crippen molar-refractivity contribution < 1.29 is 29.7 Å². The molecule has 0 aliphatic rings. The Balaban J connectivity index is 0.000000802. The molecule has 2 aromatic rings. The standard InChI is InChI=1S/2C18H30N2O.Zn/c2*1-17(2,3)14-10-13(12-20-9-8-19-7)16(21)15(11-14)18(4,5)6;/h2*10-12,19,21H,8-9H2,1-7H3;/q;;+2/p-2. The minimum atomic E-state index is -0.161. The SMILES string of the molecule is CNCCN=Cc1cc(C(C)(C)C)cc(C(C)(C)C)c1[O-].CNCCN=Cc1cc(C(C)(C)C)cc(C(C)(C)C)c1[O-].[Zn+2]. The summed E-state index contributed by atoms with van der Waals surface area (Å²) >= 11 is 0. The molecule has 0 radical (unpaired) electrons. The number of hydrogen-bond acceptors (Lipinski definition) is 6. The maximum atomic E-state index is 12.7. The average Bonchev–Trinajstić information content (AvgIpc) is 2.83. The summed E-state index contributed by atoms with van der Waals surface area (Å²) in [6.07, 6.45) is 3.45. The molecule has 2 N–H and O–H groups in total. The van der Waals surface area contributed by atoms with Gasteiger partial charge in [0.25, 0.3) is 0 Å². The molecular weight excluding hydrogens is 586 g/mol. The molecule has 0 atom stereocenters. The third kappa shape index (κ3) is 13.2. The molecule has 0 bridgehead atoms. The van der Waals surface area contributed by atoms with Crippen LogP contribution in [0.4, 0.5) is 0 Å². The predicted octanol–water partition coefficient (Wildman–Crippen LogP) is 5.98. The van der Waals surface area contributed by atoms with E-state index in [9.17, 15) is 10.2 Å². The third-order valence-electron chi connectivity index (χ3n) is 7.03. The summed E-state index contributed by atoms with van der Waals surface area (Å²) in [5.41, 5.74) is 5.20. The zero-order chi connectivity index (χ0) is 32.5. The Bertz CT molecular complexity index is 1110. The number of nitrogens with zero attached hydrogens (tertiary/aromatic N) is 2. The summed E-state index contributed by atoms with van der Waals surface area (Å²) in [6.45, 7) is 28.5. The number of hydrogen-bond donors (Lipinski definition) is 2. The molecule has 236 valence electrons. The molecule has 0 amide bonds. The molecule has 2 aromatic carbocycles. The first-order valence-electron chi connectivity index (χ1n) is 15.2. The molecule has 0 aromatic heterocycles. The van der Waals surface area contributed by atoms with Crippen LogP contribution in [-0.4, -0.2) is 52.7 Å². The van der Waals surface area contributed by atoms with Crippen molar-refractivity contribution in [1.29, 1.82) is 0 Å². The number of likely N-dealkylation sites (N-methyl/N-ethyl adjacent to an activating group) is 2. The van der Waals surface area contributed by atoms with Crippen LogP contribution in [0.5, 0.6) is 11.5 Å². The van der Waals surface area contributed by atoms with E-state index in [0.29, 0.717) is 24.2 Å². The van der Waals surface area contributed by atoms with E-state index in [-0.39, 0.29) is 52.6 Å². The van der Waals surface area contributed by atoms with Gasteiger partial charge in [-0.15, -0.1) is 0 Å². The maximum Gasteiger partial charge on any atom is 2.00 e. The van der Waals surface area contributed by atoms with Crippen molar-refractivity contribution in [2.75, 3.05) is 40.3 Å². The van der Waals surface area contributed by atoms with Crippen molar-refractivity contribution in [2.45, 2.75) is 105 Å². The molecule has 0 spiro atoms. The van der Waals surface area contributed by atoms with Gasteiger partial charge in [-0.3, -0.25) is 9.98 Å². The van der Waals surface area contributed by atoms with E-state index in [1.807, 2.05) is 26.2 Å². The molecule has 0 saturated carbocycles. The molecule has 7 heteroatoms. The zero-order valence-corrected chi connectivity index (χ0v) is 32.7. The molecule has 43 heavy (non-hydrogen) atoms. The fraction of sp³-hybridized carbons (Fsp3) is 0.611. The molecule has 0 aliphatic heterocycles. The minimum Gasteiger partial charge on any atom is -0.872 e. The molecule has 0 fully saturated rings. The molecule has 2 rings (SSSR count). The number of nitrogens with one attached hydrogen (secondary N) is 2. The van der Waals surface area contributed by atoms with Crippen LogP contribution >= 0.6 is 0 Å². The van der Waals surface area contributed by atoms with Gasteiger partial charge in [0.2, 0.25) is 0 Å². The van der Waals surface area contributed by atoms with Gasteiger partial charge < -0.3 is 20.8 Å². The fourth-order valence-corrected chi connectivity index (χ4v) is 4.15. The van der Waals surface area contributed by atoms with Crippen molar-refractivity contribution in [1.82, 2.24) is 10.6 Å². The Morgan fingerprint density at radius 1 is 0.558 bits per heavy atom. The minimum absolute atomic E-state index is 0. The van der Waals surface area contributed by atoms with Gasteiger partial charge in [-0.2, -0.15) is 0 Å². The van der Waals surface area contributed by atoms with Gasteiger partial charge in [0.1, 0.15) is 0 Å². The van der Waals surface area contributed by atoms with Gasteiger partial charge in [0.05, 0.1) is 13.1 Å². The normalized spacial score (nSPS) is 12.8. The monoisotopic (exact) mass is 642 g/mol. The summed E-state index contributed by atoms with van der Waals surface area (Å²) in [7, 11) is 3.79. The Morgan fingerprint density at radius 3 is 1.09 bits per heavy atom. The Labute approximate surface area is 276 Å². The van der Waals surface area contributed by atoms with Crippen molar-refractivity contribution in [3.63, 3.8) is 0 Å². The molecule has 0 saturated heterocycles. The molecule has 0 aliphatic carbocycles. The largest absolute Gasteiger partial charge is 2.00 e. The maximum absolute atomic E-state index is 12.7. The summed E-state index contributed by atoms with van der Waals surface area (Å²) in [5, 5.41) is 31.4. The average molecular weight is 644 g/mol. The first-order chi connectivity index (χ1) is 19.1. The van der Waals surface area contributed by atoms with Crippen molar-refractivity contribution in [2.24, 2.45) is 9.98 Å². The van der Waals surface area contributed by atoms with Gasteiger partial charge in [-0.25, -0.2) is 0 Å². The van der Waals surface area contributed by atoms with E-state index in [1.54, 1.807) is 12.4 Å². The van der Waals surface area contributed by atoms with E-state index in [2.05, 4.69) is 116 Å². The molecular formula is C36H58N4O2Zn. The topological polar surface area (TPSA) is 94.9 Å². The second kappa shape index (κ2) is 16.8. The quantitative estimate of drug-likeness (QED) is 0.210. The fourth-order valence-electron chi connectivity index (χ4n) is 4.15. The van der Waals surface area contributed by atoms with E-state index >= 15 is 0 Å². The van der Waals surface area contributed by atoms with Crippen molar-refractivity contribution in [3.8, 4) is 11.5 Å². The Morgan fingerprint density at radius 2 is 0.860 bits per heavy atom. The van der Waals surface area contributed by atoms with E-state index < -0.39 is 0 Å².